The number of nitrogens with one attached hydrogen (secondary N) is 1. The van der Waals surface area contributed by atoms with Crippen LogP contribution in [-0.2, 0) is 6.54 Å². The van der Waals surface area contributed by atoms with Gasteiger partial charge in [-0.25, -0.2) is 0 Å². The Morgan fingerprint density at radius 1 is 1.14 bits per heavy atom. The molecule has 0 radical (unpaired) electrons. The maximum atomic E-state index is 12.4. The Bertz CT molecular complexity index is 462. The van der Waals surface area contributed by atoms with Gasteiger partial charge in [-0.1, -0.05) is 17.7 Å². The maximum Gasteiger partial charge on any atom is 0.390 e. The molecule has 0 aliphatic carbocycles. The third-order valence-electron chi connectivity index (χ3n) is 3.19. The predicted octanol–water partition coefficient (Wildman–Crippen LogP) is 4.27. The lowest BCUT2D eigenvalue weighted by atomic mass is 10.1. The van der Waals surface area contributed by atoms with Gasteiger partial charge in [0.15, 0.2) is 0 Å². The van der Waals surface area contributed by atoms with E-state index in [4.69, 9.17) is 0 Å². The number of hydrogen-bond acceptors (Lipinski definition) is 2. The Morgan fingerprint density at radius 2 is 1.76 bits per heavy atom. The first-order valence-electron chi connectivity index (χ1n) is 7.10. The second-order valence-electron chi connectivity index (χ2n) is 6.52. The average molecular weight is 302 g/mol. The summed E-state index contributed by atoms with van der Waals surface area (Å²) in [5.41, 5.74) is 2.94. The van der Waals surface area contributed by atoms with E-state index >= 15 is 0 Å². The molecule has 1 aromatic rings. The summed E-state index contributed by atoms with van der Waals surface area (Å²) in [6, 6.07) is 5.85. The van der Waals surface area contributed by atoms with E-state index in [1.54, 1.807) is 11.9 Å². The Labute approximate surface area is 125 Å². The van der Waals surface area contributed by atoms with Crippen LogP contribution in [-0.4, -0.2) is 25.3 Å². The Kier molecular flexibility index (Phi) is 5.68. The summed E-state index contributed by atoms with van der Waals surface area (Å²) in [5, 5.41) is 3.38. The summed E-state index contributed by atoms with van der Waals surface area (Å²) in [7, 11) is 1.71. The molecule has 0 unspecified atom stereocenters. The Hall–Kier alpha value is -1.23. The average Bonchev–Trinajstić information content (AvgIpc) is 2.32. The normalized spacial score (nSPS) is 12.6. The van der Waals surface area contributed by atoms with Gasteiger partial charge in [0, 0.05) is 31.4 Å². The quantitative estimate of drug-likeness (QED) is 0.873. The fraction of sp³-hybridized carbons (Fsp3) is 0.625. The number of rotatable bonds is 5. The molecule has 1 rings (SSSR count). The van der Waals surface area contributed by atoms with Gasteiger partial charge in [0.05, 0.1) is 6.42 Å². The molecule has 0 aromatic heterocycles. The highest BCUT2D eigenvalue weighted by Gasteiger charge is 2.27. The van der Waals surface area contributed by atoms with E-state index in [-0.39, 0.29) is 12.1 Å². The largest absolute Gasteiger partial charge is 0.390 e. The van der Waals surface area contributed by atoms with E-state index in [1.807, 2.05) is 25.1 Å². The fourth-order valence-corrected chi connectivity index (χ4v) is 2.00. The van der Waals surface area contributed by atoms with Crippen LogP contribution in [0.1, 0.15) is 38.3 Å². The maximum absolute atomic E-state index is 12.4. The molecule has 0 bridgehead atoms. The van der Waals surface area contributed by atoms with Gasteiger partial charge in [0.2, 0.25) is 0 Å². The highest BCUT2D eigenvalue weighted by molar-refractivity contribution is 5.54. The van der Waals surface area contributed by atoms with Gasteiger partial charge in [-0.3, -0.25) is 0 Å². The standard InChI is InChI=1S/C16H25F3N2/c1-12-6-7-14(21(5)9-8-16(17,18)19)13(10-12)11-20-15(2,3)4/h6-7,10,20H,8-9,11H2,1-5H3. The van der Waals surface area contributed by atoms with Gasteiger partial charge in [-0.15, -0.1) is 0 Å². The summed E-state index contributed by atoms with van der Waals surface area (Å²) in [6.07, 6.45) is -4.92. The van der Waals surface area contributed by atoms with Crippen molar-refractivity contribution in [2.24, 2.45) is 0 Å². The third kappa shape index (κ3) is 6.85. The molecule has 0 atom stereocenters. The number of nitrogens with zero attached hydrogens (tertiary/aromatic N) is 1. The first-order chi connectivity index (χ1) is 9.48. The summed E-state index contributed by atoms with van der Waals surface area (Å²) >= 11 is 0. The van der Waals surface area contributed by atoms with Gasteiger partial charge >= 0.3 is 6.18 Å². The van der Waals surface area contributed by atoms with E-state index < -0.39 is 12.6 Å². The number of aryl methyl sites for hydroxylation is 1. The van der Waals surface area contributed by atoms with Gasteiger partial charge < -0.3 is 10.2 Å². The fourth-order valence-electron chi connectivity index (χ4n) is 2.00. The molecule has 2 nitrogen and oxygen atoms in total. The number of alkyl halides is 3. The minimum atomic E-state index is -4.12. The summed E-state index contributed by atoms with van der Waals surface area (Å²) in [5.74, 6) is 0. The van der Waals surface area contributed by atoms with Crippen LogP contribution in [0.3, 0.4) is 0 Å². The molecule has 5 heteroatoms. The molecular formula is C16H25F3N2. The number of anilines is 1. The van der Waals surface area contributed by atoms with Crippen molar-refractivity contribution in [2.75, 3.05) is 18.5 Å². The van der Waals surface area contributed by atoms with Crippen LogP contribution in [0.5, 0.6) is 0 Å². The first kappa shape index (κ1) is 17.8. The smallest absolute Gasteiger partial charge is 0.374 e. The van der Waals surface area contributed by atoms with Crippen LogP contribution in [0, 0.1) is 6.92 Å². The molecule has 0 spiro atoms. The van der Waals surface area contributed by atoms with Gasteiger partial charge in [0.1, 0.15) is 0 Å². The highest BCUT2D eigenvalue weighted by Crippen LogP contribution is 2.25. The second-order valence-corrected chi connectivity index (χ2v) is 6.52. The van der Waals surface area contributed by atoms with Gasteiger partial charge in [-0.2, -0.15) is 13.2 Å². The van der Waals surface area contributed by atoms with E-state index in [9.17, 15) is 13.2 Å². The van der Waals surface area contributed by atoms with Crippen molar-refractivity contribution >= 4 is 5.69 Å². The van der Waals surface area contributed by atoms with Crippen LogP contribution in [0.15, 0.2) is 18.2 Å². The summed E-state index contributed by atoms with van der Waals surface area (Å²) in [4.78, 5) is 1.67. The lowest BCUT2D eigenvalue weighted by molar-refractivity contribution is -0.132. The lowest BCUT2D eigenvalue weighted by Gasteiger charge is -2.26. The van der Waals surface area contributed by atoms with Crippen molar-refractivity contribution in [3.63, 3.8) is 0 Å². The van der Waals surface area contributed by atoms with E-state index in [1.165, 1.54) is 0 Å². The van der Waals surface area contributed by atoms with Crippen molar-refractivity contribution in [1.82, 2.24) is 5.32 Å². The zero-order valence-corrected chi connectivity index (χ0v) is 13.4. The molecule has 0 aliphatic heterocycles. The summed E-state index contributed by atoms with van der Waals surface area (Å²) in [6.45, 7) is 8.79. The van der Waals surface area contributed by atoms with Crippen molar-refractivity contribution in [3.8, 4) is 0 Å². The second kappa shape index (κ2) is 6.69. The van der Waals surface area contributed by atoms with Gasteiger partial charge in [-0.05, 0) is 39.3 Å². The van der Waals surface area contributed by atoms with Crippen molar-refractivity contribution in [3.05, 3.63) is 29.3 Å². The summed E-state index contributed by atoms with van der Waals surface area (Å²) < 4.78 is 37.1. The van der Waals surface area contributed by atoms with Crippen LogP contribution in [0.2, 0.25) is 0 Å². The Morgan fingerprint density at radius 3 is 2.29 bits per heavy atom. The molecule has 120 valence electrons. The topological polar surface area (TPSA) is 15.3 Å². The van der Waals surface area contributed by atoms with Crippen LogP contribution in [0.25, 0.3) is 0 Å². The van der Waals surface area contributed by atoms with Crippen LogP contribution < -0.4 is 10.2 Å². The third-order valence-corrected chi connectivity index (χ3v) is 3.19. The van der Waals surface area contributed by atoms with E-state index in [0.717, 1.165) is 16.8 Å². The van der Waals surface area contributed by atoms with Crippen LogP contribution in [0.4, 0.5) is 18.9 Å². The molecule has 0 amide bonds. The zero-order chi connectivity index (χ0) is 16.3. The lowest BCUT2D eigenvalue weighted by Crippen LogP contribution is -2.35. The predicted molar refractivity (Wildman–Crippen MR) is 81.7 cm³/mol. The minimum absolute atomic E-state index is 0.0327. The van der Waals surface area contributed by atoms with Crippen molar-refractivity contribution in [1.29, 1.82) is 0 Å². The number of hydrogen-bond donors (Lipinski definition) is 1. The molecule has 1 N–H and O–H groups in total. The number of halogens is 3. The minimum Gasteiger partial charge on any atom is -0.374 e. The monoisotopic (exact) mass is 302 g/mol. The van der Waals surface area contributed by atoms with E-state index in [0.29, 0.717) is 6.54 Å². The van der Waals surface area contributed by atoms with E-state index in [2.05, 4.69) is 26.1 Å². The Balaban J connectivity index is 2.85. The van der Waals surface area contributed by atoms with Crippen molar-refractivity contribution in [2.45, 2.75) is 52.4 Å². The molecule has 0 fully saturated rings. The zero-order valence-electron chi connectivity index (χ0n) is 13.4. The molecule has 1 aromatic carbocycles. The van der Waals surface area contributed by atoms with Gasteiger partial charge in [0.25, 0.3) is 0 Å². The highest BCUT2D eigenvalue weighted by atomic mass is 19.4. The van der Waals surface area contributed by atoms with Crippen molar-refractivity contribution < 1.29 is 13.2 Å². The molecule has 0 saturated carbocycles. The molecule has 0 saturated heterocycles. The molecule has 0 aliphatic rings. The van der Waals surface area contributed by atoms with Crippen LogP contribution >= 0.6 is 0 Å². The number of benzene rings is 1. The molecule has 0 heterocycles. The molecular weight excluding hydrogens is 277 g/mol. The molecule has 21 heavy (non-hydrogen) atoms. The SMILES string of the molecule is Cc1ccc(N(C)CCC(F)(F)F)c(CNC(C)(C)C)c1. The first-order valence-corrected chi connectivity index (χ1v) is 7.10.